The van der Waals surface area contributed by atoms with Gasteiger partial charge in [-0.2, -0.15) is 0 Å². The number of aromatic nitrogens is 1. The molecule has 4 rings (SSSR count). The van der Waals surface area contributed by atoms with Gasteiger partial charge in [0.25, 0.3) is 0 Å². The minimum Gasteiger partial charge on any atom is -0.343 e. The third-order valence-electron chi connectivity index (χ3n) is 6.11. The lowest BCUT2D eigenvalue weighted by Crippen LogP contribution is -2.47. The summed E-state index contributed by atoms with van der Waals surface area (Å²) < 4.78 is 26.2. The van der Waals surface area contributed by atoms with Gasteiger partial charge in [-0.1, -0.05) is 25.1 Å². The van der Waals surface area contributed by atoms with Crippen LogP contribution in [0.5, 0.6) is 0 Å². The number of nitrogens with zero attached hydrogens (tertiary/aromatic N) is 3. The summed E-state index contributed by atoms with van der Waals surface area (Å²) in [6, 6.07) is 5.46. The molecule has 2 heterocycles. The molecule has 0 bridgehead atoms. The van der Waals surface area contributed by atoms with Crippen molar-refractivity contribution in [2.24, 2.45) is 5.92 Å². The van der Waals surface area contributed by atoms with Crippen molar-refractivity contribution in [3.05, 3.63) is 41.6 Å². The van der Waals surface area contributed by atoms with Crippen molar-refractivity contribution in [3.63, 3.8) is 0 Å². The van der Waals surface area contributed by atoms with E-state index in [-0.39, 0.29) is 24.4 Å². The van der Waals surface area contributed by atoms with Gasteiger partial charge in [0.15, 0.2) is 0 Å². The van der Waals surface area contributed by atoms with Crippen LogP contribution in [0.25, 0.3) is 16.5 Å². The molecule has 0 radical (unpaired) electrons. The molecule has 1 aliphatic carbocycles. The van der Waals surface area contributed by atoms with Gasteiger partial charge < -0.3 is 4.90 Å². The molecule has 0 saturated heterocycles. The SMILES string of the molecule is [2H]C([2H])([2H])N1C[C@H](C(=O)N(CC)CC)C=C2c3cccc4c3c(cn4C(=O)CC)C[C@H]21. The maximum absolute atomic E-state index is 13.1. The molecule has 2 aliphatic rings. The van der Waals surface area contributed by atoms with E-state index in [1.54, 1.807) is 9.47 Å². The van der Waals surface area contributed by atoms with Crippen molar-refractivity contribution in [2.45, 2.75) is 39.7 Å². The van der Waals surface area contributed by atoms with Gasteiger partial charge in [0, 0.05) is 47.8 Å². The van der Waals surface area contributed by atoms with Gasteiger partial charge in [0.2, 0.25) is 11.8 Å². The van der Waals surface area contributed by atoms with Crippen LogP contribution in [0.4, 0.5) is 0 Å². The molecule has 0 saturated carbocycles. The summed E-state index contributed by atoms with van der Waals surface area (Å²) >= 11 is 0. The molecule has 5 nitrogen and oxygen atoms in total. The van der Waals surface area contributed by atoms with Crippen LogP contribution in [-0.2, 0) is 11.2 Å². The zero-order chi connectivity index (χ0) is 22.5. The van der Waals surface area contributed by atoms with Crippen molar-refractivity contribution >= 4 is 28.3 Å². The van der Waals surface area contributed by atoms with Gasteiger partial charge in [-0.05, 0) is 50.0 Å². The van der Waals surface area contributed by atoms with Crippen molar-refractivity contribution in [3.8, 4) is 0 Å². The number of fused-ring (bicyclic) bond motifs is 2. The number of amides is 1. The van der Waals surface area contributed by atoms with Gasteiger partial charge in [0.05, 0.1) is 11.4 Å². The highest BCUT2D eigenvalue weighted by Crippen LogP contribution is 2.41. The molecular formula is C23H29N3O2. The molecule has 2 aromatic rings. The first-order chi connectivity index (χ1) is 14.7. The zero-order valence-electron chi connectivity index (χ0n) is 19.7. The average Bonchev–Trinajstić information content (AvgIpc) is 3.12. The Labute approximate surface area is 170 Å². The van der Waals surface area contributed by atoms with E-state index in [1.807, 2.05) is 51.2 Å². The largest absolute Gasteiger partial charge is 0.343 e. The second kappa shape index (κ2) is 7.21. The molecule has 1 aromatic carbocycles. The molecular weight excluding hydrogens is 350 g/mol. The van der Waals surface area contributed by atoms with E-state index >= 15 is 0 Å². The van der Waals surface area contributed by atoms with E-state index in [0.29, 0.717) is 25.9 Å². The molecule has 0 spiro atoms. The number of carbonyl (C=O) groups is 2. The monoisotopic (exact) mass is 382 g/mol. The number of hydrogen-bond donors (Lipinski definition) is 0. The lowest BCUT2D eigenvalue weighted by molar-refractivity contribution is -0.134. The molecule has 5 heteroatoms. The number of hydrogen-bond acceptors (Lipinski definition) is 3. The third-order valence-corrected chi connectivity index (χ3v) is 6.11. The van der Waals surface area contributed by atoms with Crippen molar-refractivity contribution in [1.82, 2.24) is 14.4 Å². The normalized spacial score (nSPS) is 23.4. The molecule has 0 fully saturated rings. The van der Waals surface area contributed by atoms with Gasteiger partial charge in [-0.15, -0.1) is 0 Å². The highest BCUT2D eigenvalue weighted by atomic mass is 16.2. The molecule has 148 valence electrons. The Morgan fingerprint density at radius 1 is 1.25 bits per heavy atom. The van der Waals surface area contributed by atoms with Gasteiger partial charge >= 0.3 is 0 Å². The Kier molecular flexibility index (Phi) is 3.99. The first kappa shape index (κ1) is 15.5. The summed E-state index contributed by atoms with van der Waals surface area (Å²) in [5.74, 6) is -0.542. The summed E-state index contributed by atoms with van der Waals surface area (Å²) in [4.78, 5) is 28.9. The predicted molar refractivity (Wildman–Crippen MR) is 112 cm³/mol. The summed E-state index contributed by atoms with van der Waals surface area (Å²) in [6.45, 7) is 4.73. The standard InChI is InChI=1S/C23H29N3O2/c1-5-21(27)26-14-15-12-20-18(17-9-8-10-19(26)22(15)17)11-16(13-24(20)4)23(28)25(6-2)7-3/h8-11,14,16,20H,5-7,12-13H2,1-4H3/t16-,20-/m1/s1/i4D3. The van der Waals surface area contributed by atoms with Gasteiger partial charge in [-0.25, -0.2) is 0 Å². The fourth-order valence-corrected chi connectivity index (χ4v) is 4.64. The van der Waals surface area contributed by atoms with Crippen molar-refractivity contribution in [1.29, 1.82) is 0 Å². The molecule has 28 heavy (non-hydrogen) atoms. The topological polar surface area (TPSA) is 45.6 Å². The first-order valence-corrected chi connectivity index (χ1v) is 10.1. The Morgan fingerprint density at radius 2 is 2.04 bits per heavy atom. The van der Waals surface area contributed by atoms with Crippen LogP contribution in [0.1, 0.15) is 47.2 Å². The van der Waals surface area contributed by atoms with Crippen molar-refractivity contribution < 1.29 is 13.7 Å². The molecule has 1 aromatic heterocycles. The lowest BCUT2D eigenvalue weighted by atomic mass is 9.79. The fraction of sp³-hybridized carbons (Fsp3) is 0.478. The Bertz CT molecular complexity index is 1070. The molecule has 1 amide bonds. The third kappa shape index (κ3) is 2.80. The highest BCUT2D eigenvalue weighted by molar-refractivity contribution is 6.03. The maximum atomic E-state index is 13.1. The average molecular weight is 383 g/mol. The Balaban J connectivity index is 1.89. The van der Waals surface area contributed by atoms with Crippen LogP contribution in [-0.4, -0.2) is 58.8 Å². The van der Waals surface area contributed by atoms with E-state index < -0.39 is 12.9 Å². The minimum atomic E-state index is -2.32. The maximum Gasteiger partial charge on any atom is 0.230 e. The van der Waals surface area contributed by atoms with Crippen LogP contribution in [0.2, 0.25) is 0 Å². The lowest BCUT2D eigenvalue weighted by Gasteiger charge is -2.40. The molecule has 2 atom stereocenters. The summed E-state index contributed by atoms with van der Waals surface area (Å²) in [7, 11) is 0. The number of benzene rings is 1. The highest BCUT2D eigenvalue weighted by Gasteiger charge is 2.37. The quantitative estimate of drug-likeness (QED) is 0.814. The van der Waals surface area contributed by atoms with Crippen LogP contribution in [0.15, 0.2) is 30.5 Å². The van der Waals surface area contributed by atoms with E-state index in [0.717, 1.165) is 27.6 Å². The predicted octanol–water partition coefficient (Wildman–Crippen LogP) is 3.43. The van der Waals surface area contributed by atoms with E-state index in [9.17, 15) is 9.59 Å². The molecule has 0 N–H and O–H groups in total. The number of rotatable bonds is 4. The van der Waals surface area contributed by atoms with Crippen LogP contribution >= 0.6 is 0 Å². The summed E-state index contributed by atoms with van der Waals surface area (Å²) in [5, 5.41) is 0.994. The summed E-state index contributed by atoms with van der Waals surface area (Å²) in [5.41, 5.74) is 3.64. The zero-order valence-corrected chi connectivity index (χ0v) is 16.7. The smallest absolute Gasteiger partial charge is 0.230 e. The van der Waals surface area contributed by atoms with Crippen molar-refractivity contribution in [2.75, 3.05) is 26.6 Å². The van der Waals surface area contributed by atoms with Gasteiger partial charge in [-0.3, -0.25) is 19.1 Å². The van der Waals surface area contributed by atoms with E-state index in [4.69, 9.17) is 4.11 Å². The number of carbonyl (C=O) groups excluding carboxylic acids is 2. The Hall–Kier alpha value is -2.40. The fourth-order valence-electron chi connectivity index (χ4n) is 4.64. The van der Waals surface area contributed by atoms with Crippen LogP contribution < -0.4 is 0 Å². The van der Waals surface area contributed by atoms with E-state index in [1.165, 1.54) is 4.90 Å². The molecule has 1 aliphatic heterocycles. The molecule has 0 unspecified atom stereocenters. The second-order valence-electron chi connectivity index (χ2n) is 7.58. The first-order valence-electron chi connectivity index (χ1n) is 11.6. The second-order valence-corrected chi connectivity index (χ2v) is 7.58. The minimum absolute atomic E-state index is 0.00881. The Morgan fingerprint density at radius 3 is 2.71 bits per heavy atom. The van der Waals surface area contributed by atoms with Gasteiger partial charge in [0.1, 0.15) is 0 Å². The summed E-state index contributed by atoms with van der Waals surface area (Å²) in [6.07, 6.45) is 4.74. The van der Waals surface area contributed by atoms with E-state index in [2.05, 4.69) is 0 Å². The number of likely N-dealkylation sites (N-methyl/N-ethyl adjacent to an activating group) is 1. The van der Waals surface area contributed by atoms with Crippen LogP contribution in [0.3, 0.4) is 0 Å². The van der Waals surface area contributed by atoms with Crippen LogP contribution in [0, 0.1) is 5.92 Å².